The quantitative estimate of drug-likeness (QED) is 0.531. The largest absolute Gasteiger partial charge is 0.496 e. The van der Waals surface area contributed by atoms with E-state index in [4.69, 9.17) is 4.74 Å². The molecule has 3 rings (SSSR count). The number of rotatable bonds is 9. The molecule has 1 N–H and O–H groups in total. The molecule has 150 valence electrons. The van der Waals surface area contributed by atoms with Gasteiger partial charge >= 0.3 is 0 Å². The van der Waals surface area contributed by atoms with Crippen LogP contribution in [0.1, 0.15) is 20.8 Å². The SMILES string of the molecule is C=CCN(CC=C)C(=O)c1sc2ncnc(NCc3ccccc3OC)c2c1C. The first-order chi connectivity index (χ1) is 14.1. The van der Waals surface area contributed by atoms with Gasteiger partial charge in [-0.1, -0.05) is 30.4 Å². The highest BCUT2D eigenvalue weighted by Gasteiger charge is 2.22. The van der Waals surface area contributed by atoms with E-state index in [0.717, 1.165) is 27.1 Å². The second-order valence-electron chi connectivity index (χ2n) is 6.41. The number of amides is 1. The van der Waals surface area contributed by atoms with Gasteiger partial charge in [0.1, 0.15) is 22.7 Å². The predicted octanol–water partition coefficient (Wildman–Crippen LogP) is 4.43. The molecule has 3 aromatic rings. The summed E-state index contributed by atoms with van der Waals surface area (Å²) in [6.45, 7) is 10.9. The average molecular weight is 409 g/mol. The van der Waals surface area contributed by atoms with Gasteiger partial charge in [-0.2, -0.15) is 0 Å². The van der Waals surface area contributed by atoms with Crippen molar-refractivity contribution < 1.29 is 9.53 Å². The monoisotopic (exact) mass is 408 g/mol. The zero-order valence-corrected chi connectivity index (χ0v) is 17.5. The minimum absolute atomic E-state index is 0.0546. The highest BCUT2D eigenvalue weighted by Crippen LogP contribution is 2.34. The molecular formula is C22H24N4O2S. The Morgan fingerprint density at radius 1 is 1.24 bits per heavy atom. The second-order valence-corrected chi connectivity index (χ2v) is 7.41. The zero-order chi connectivity index (χ0) is 20.8. The zero-order valence-electron chi connectivity index (χ0n) is 16.6. The third kappa shape index (κ3) is 4.30. The van der Waals surface area contributed by atoms with E-state index in [9.17, 15) is 4.79 Å². The van der Waals surface area contributed by atoms with Crippen molar-refractivity contribution in [3.8, 4) is 5.75 Å². The van der Waals surface area contributed by atoms with Crippen molar-refractivity contribution in [3.63, 3.8) is 0 Å². The fourth-order valence-corrected chi connectivity index (χ4v) is 4.25. The van der Waals surface area contributed by atoms with Crippen molar-refractivity contribution >= 4 is 33.3 Å². The fraction of sp³-hybridized carbons (Fsp3) is 0.227. The molecule has 0 saturated heterocycles. The highest BCUT2D eigenvalue weighted by atomic mass is 32.1. The number of fused-ring (bicyclic) bond motifs is 1. The van der Waals surface area contributed by atoms with Crippen molar-refractivity contribution in [2.24, 2.45) is 0 Å². The van der Waals surface area contributed by atoms with Crippen LogP contribution in [0, 0.1) is 6.92 Å². The van der Waals surface area contributed by atoms with E-state index in [0.29, 0.717) is 30.3 Å². The smallest absolute Gasteiger partial charge is 0.264 e. The summed E-state index contributed by atoms with van der Waals surface area (Å²) in [5.74, 6) is 1.46. The lowest BCUT2D eigenvalue weighted by Gasteiger charge is -2.18. The Labute approximate surface area is 174 Å². The Kier molecular flexibility index (Phi) is 6.61. The summed E-state index contributed by atoms with van der Waals surface area (Å²) in [6, 6.07) is 7.83. The first kappa shape index (κ1) is 20.5. The minimum Gasteiger partial charge on any atom is -0.496 e. The van der Waals surface area contributed by atoms with Gasteiger partial charge in [-0.25, -0.2) is 9.97 Å². The number of carbonyl (C=O) groups excluding carboxylic acids is 1. The molecule has 7 heteroatoms. The maximum atomic E-state index is 13.0. The Balaban J connectivity index is 1.93. The van der Waals surface area contributed by atoms with Crippen molar-refractivity contribution in [3.05, 3.63) is 71.9 Å². The molecule has 2 heterocycles. The van der Waals surface area contributed by atoms with Gasteiger partial charge < -0.3 is 15.0 Å². The van der Waals surface area contributed by atoms with Crippen LogP contribution >= 0.6 is 11.3 Å². The van der Waals surface area contributed by atoms with Gasteiger partial charge in [-0.05, 0) is 18.6 Å². The number of aromatic nitrogens is 2. The first-order valence-corrected chi connectivity index (χ1v) is 10.0. The van der Waals surface area contributed by atoms with Crippen LogP contribution in [0.2, 0.25) is 0 Å². The Bertz CT molecular complexity index is 1030. The molecule has 0 unspecified atom stereocenters. The van der Waals surface area contributed by atoms with Crippen LogP contribution in [-0.2, 0) is 6.54 Å². The lowest BCUT2D eigenvalue weighted by Crippen LogP contribution is -2.31. The van der Waals surface area contributed by atoms with Gasteiger partial charge in [0.25, 0.3) is 5.91 Å². The van der Waals surface area contributed by atoms with Crippen LogP contribution in [-0.4, -0.2) is 41.0 Å². The molecule has 6 nitrogen and oxygen atoms in total. The summed E-state index contributed by atoms with van der Waals surface area (Å²) in [7, 11) is 1.65. The molecule has 0 aliphatic heterocycles. The van der Waals surface area contributed by atoms with Crippen LogP contribution in [0.25, 0.3) is 10.2 Å². The summed E-state index contributed by atoms with van der Waals surface area (Å²) in [5.41, 5.74) is 1.89. The van der Waals surface area contributed by atoms with Crippen LogP contribution < -0.4 is 10.1 Å². The van der Waals surface area contributed by atoms with E-state index in [1.807, 2.05) is 31.2 Å². The minimum atomic E-state index is -0.0546. The van der Waals surface area contributed by atoms with Gasteiger partial charge in [-0.3, -0.25) is 4.79 Å². The molecule has 1 amide bonds. The molecule has 1 aromatic carbocycles. The topological polar surface area (TPSA) is 67.4 Å². The lowest BCUT2D eigenvalue weighted by molar-refractivity contribution is 0.0795. The number of methoxy groups -OCH3 is 1. The predicted molar refractivity (Wildman–Crippen MR) is 119 cm³/mol. The normalized spacial score (nSPS) is 10.6. The third-order valence-electron chi connectivity index (χ3n) is 4.55. The molecule has 0 saturated carbocycles. The van der Waals surface area contributed by atoms with E-state index >= 15 is 0 Å². The van der Waals surface area contributed by atoms with Gasteiger partial charge in [0.15, 0.2) is 0 Å². The van der Waals surface area contributed by atoms with E-state index in [1.165, 1.54) is 17.7 Å². The van der Waals surface area contributed by atoms with Crippen molar-refractivity contribution in [1.82, 2.24) is 14.9 Å². The standard InChI is InChI=1S/C22H24N4O2S/c1-5-11-26(12-6-2)22(27)19-15(3)18-20(24-14-25-21(18)29-19)23-13-16-9-7-8-10-17(16)28-4/h5-10,14H,1-2,11-13H2,3-4H3,(H,23,24,25). The number of benzene rings is 1. The average Bonchev–Trinajstić information content (AvgIpc) is 3.09. The highest BCUT2D eigenvalue weighted by molar-refractivity contribution is 7.20. The van der Waals surface area contributed by atoms with E-state index in [2.05, 4.69) is 28.4 Å². The lowest BCUT2D eigenvalue weighted by atomic mass is 10.1. The van der Waals surface area contributed by atoms with Crippen molar-refractivity contribution in [2.45, 2.75) is 13.5 Å². The molecule has 0 aliphatic carbocycles. The summed E-state index contributed by atoms with van der Waals surface area (Å²) in [4.78, 5) is 25.0. The second kappa shape index (κ2) is 9.34. The number of hydrogen-bond donors (Lipinski definition) is 1. The molecule has 29 heavy (non-hydrogen) atoms. The number of hydrogen-bond acceptors (Lipinski definition) is 6. The summed E-state index contributed by atoms with van der Waals surface area (Å²) < 4.78 is 5.42. The van der Waals surface area contributed by atoms with Crippen LogP contribution in [0.4, 0.5) is 5.82 Å². The van der Waals surface area contributed by atoms with E-state index < -0.39 is 0 Å². The molecule has 0 aliphatic rings. The van der Waals surface area contributed by atoms with Gasteiger partial charge in [0, 0.05) is 25.2 Å². The molecule has 0 radical (unpaired) electrons. The summed E-state index contributed by atoms with van der Waals surface area (Å²) in [5, 5.41) is 4.24. The molecular weight excluding hydrogens is 384 g/mol. The van der Waals surface area contributed by atoms with Crippen LogP contribution in [0.5, 0.6) is 5.75 Å². The maximum absolute atomic E-state index is 13.0. The first-order valence-electron chi connectivity index (χ1n) is 9.21. The Morgan fingerprint density at radius 3 is 2.66 bits per heavy atom. The van der Waals surface area contributed by atoms with Gasteiger partial charge in [-0.15, -0.1) is 24.5 Å². The summed E-state index contributed by atoms with van der Waals surface area (Å²) in [6.07, 6.45) is 4.94. The fourth-order valence-electron chi connectivity index (χ4n) is 3.13. The van der Waals surface area contributed by atoms with Gasteiger partial charge in [0.2, 0.25) is 0 Å². The van der Waals surface area contributed by atoms with Gasteiger partial charge in [0.05, 0.1) is 17.4 Å². The maximum Gasteiger partial charge on any atom is 0.264 e. The van der Waals surface area contributed by atoms with E-state index in [1.54, 1.807) is 24.2 Å². The van der Waals surface area contributed by atoms with E-state index in [-0.39, 0.29) is 5.91 Å². The molecule has 0 atom stereocenters. The molecule has 0 spiro atoms. The Hall–Kier alpha value is -3.19. The molecule has 2 aromatic heterocycles. The number of nitrogens with one attached hydrogen (secondary N) is 1. The third-order valence-corrected chi connectivity index (χ3v) is 5.73. The number of carbonyl (C=O) groups is 1. The van der Waals surface area contributed by atoms with Crippen LogP contribution in [0.3, 0.4) is 0 Å². The number of ether oxygens (including phenoxy) is 1. The number of nitrogens with zero attached hydrogens (tertiary/aromatic N) is 3. The van der Waals surface area contributed by atoms with Crippen LogP contribution in [0.15, 0.2) is 55.9 Å². The number of anilines is 1. The number of thiophene rings is 1. The number of para-hydroxylation sites is 1. The Morgan fingerprint density at radius 2 is 1.97 bits per heavy atom. The van der Waals surface area contributed by atoms with Crippen molar-refractivity contribution in [1.29, 1.82) is 0 Å². The summed E-state index contributed by atoms with van der Waals surface area (Å²) >= 11 is 1.38. The molecule has 0 bridgehead atoms. The van der Waals surface area contributed by atoms with Crippen molar-refractivity contribution in [2.75, 3.05) is 25.5 Å². The molecule has 0 fully saturated rings. The number of aryl methyl sites for hydroxylation is 1.